The lowest BCUT2D eigenvalue weighted by Gasteiger charge is -2.23. The molecule has 2 unspecified atom stereocenters. The first-order valence-electron chi connectivity index (χ1n) is 7.36. The SMILES string of the molecule is CC(C)C(C)CNC(c1ccccc1)c1ccncc1. The Kier molecular flexibility index (Phi) is 5.31. The van der Waals surface area contributed by atoms with Crippen LogP contribution in [0.15, 0.2) is 54.9 Å². The Labute approximate surface area is 122 Å². The Balaban J connectivity index is 2.17. The Morgan fingerprint density at radius 1 is 0.900 bits per heavy atom. The van der Waals surface area contributed by atoms with Gasteiger partial charge in [0.25, 0.3) is 0 Å². The molecule has 2 aromatic rings. The van der Waals surface area contributed by atoms with Crippen molar-refractivity contribution in [2.24, 2.45) is 11.8 Å². The van der Waals surface area contributed by atoms with Gasteiger partial charge in [0, 0.05) is 12.4 Å². The number of hydrogen-bond acceptors (Lipinski definition) is 2. The van der Waals surface area contributed by atoms with Gasteiger partial charge in [-0.25, -0.2) is 0 Å². The highest BCUT2D eigenvalue weighted by Crippen LogP contribution is 2.22. The average molecular weight is 268 g/mol. The van der Waals surface area contributed by atoms with Gasteiger partial charge < -0.3 is 5.32 Å². The molecule has 0 fully saturated rings. The van der Waals surface area contributed by atoms with Crippen molar-refractivity contribution in [3.8, 4) is 0 Å². The molecule has 1 aromatic carbocycles. The molecule has 0 spiro atoms. The summed E-state index contributed by atoms with van der Waals surface area (Å²) >= 11 is 0. The normalized spacial score (nSPS) is 14.2. The van der Waals surface area contributed by atoms with E-state index >= 15 is 0 Å². The lowest BCUT2D eigenvalue weighted by molar-refractivity contribution is 0.381. The van der Waals surface area contributed by atoms with Crippen LogP contribution in [-0.4, -0.2) is 11.5 Å². The van der Waals surface area contributed by atoms with E-state index < -0.39 is 0 Å². The predicted molar refractivity (Wildman–Crippen MR) is 84.5 cm³/mol. The first kappa shape index (κ1) is 14.7. The maximum Gasteiger partial charge on any atom is 0.0577 e. The minimum Gasteiger partial charge on any atom is -0.306 e. The molecular formula is C18H24N2. The van der Waals surface area contributed by atoms with E-state index in [2.05, 4.69) is 73.5 Å². The highest BCUT2D eigenvalue weighted by Gasteiger charge is 2.15. The van der Waals surface area contributed by atoms with Gasteiger partial charge in [-0.15, -0.1) is 0 Å². The molecule has 0 saturated heterocycles. The van der Waals surface area contributed by atoms with Crippen LogP contribution in [0.2, 0.25) is 0 Å². The molecule has 0 bridgehead atoms. The summed E-state index contributed by atoms with van der Waals surface area (Å²) in [6, 6.07) is 15.0. The number of nitrogens with zero attached hydrogens (tertiary/aromatic N) is 1. The molecule has 1 N–H and O–H groups in total. The number of pyridine rings is 1. The van der Waals surface area contributed by atoms with Crippen LogP contribution in [0.5, 0.6) is 0 Å². The van der Waals surface area contributed by atoms with Crippen molar-refractivity contribution in [3.63, 3.8) is 0 Å². The van der Waals surface area contributed by atoms with E-state index in [1.165, 1.54) is 11.1 Å². The third kappa shape index (κ3) is 3.91. The molecular weight excluding hydrogens is 244 g/mol. The molecule has 1 aromatic heterocycles. The fraction of sp³-hybridized carbons (Fsp3) is 0.389. The Morgan fingerprint density at radius 3 is 2.10 bits per heavy atom. The van der Waals surface area contributed by atoms with Crippen molar-refractivity contribution in [1.29, 1.82) is 0 Å². The summed E-state index contributed by atoms with van der Waals surface area (Å²) in [5.74, 6) is 1.35. The maximum atomic E-state index is 4.12. The highest BCUT2D eigenvalue weighted by atomic mass is 14.9. The zero-order chi connectivity index (χ0) is 14.4. The minimum atomic E-state index is 0.236. The lowest BCUT2D eigenvalue weighted by Crippen LogP contribution is -2.29. The molecule has 0 radical (unpaired) electrons. The Hall–Kier alpha value is -1.67. The molecule has 0 saturated carbocycles. The molecule has 0 aliphatic rings. The predicted octanol–water partition coefficient (Wildman–Crippen LogP) is 4.05. The van der Waals surface area contributed by atoms with Crippen molar-refractivity contribution < 1.29 is 0 Å². The summed E-state index contributed by atoms with van der Waals surface area (Å²) in [5, 5.41) is 3.71. The maximum absolute atomic E-state index is 4.12. The van der Waals surface area contributed by atoms with E-state index in [-0.39, 0.29) is 6.04 Å². The fourth-order valence-corrected chi connectivity index (χ4v) is 2.17. The van der Waals surface area contributed by atoms with Crippen molar-refractivity contribution in [2.75, 3.05) is 6.54 Å². The quantitative estimate of drug-likeness (QED) is 0.855. The van der Waals surface area contributed by atoms with Crippen molar-refractivity contribution in [1.82, 2.24) is 10.3 Å². The number of hydrogen-bond donors (Lipinski definition) is 1. The van der Waals surface area contributed by atoms with Crippen LogP contribution in [0.4, 0.5) is 0 Å². The monoisotopic (exact) mass is 268 g/mol. The van der Waals surface area contributed by atoms with Crippen LogP contribution >= 0.6 is 0 Å². The van der Waals surface area contributed by atoms with E-state index in [9.17, 15) is 0 Å². The summed E-state index contributed by atoms with van der Waals surface area (Å²) in [7, 11) is 0. The zero-order valence-corrected chi connectivity index (χ0v) is 12.6. The van der Waals surface area contributed by atoms with Crippen LogP contribution in [0.3, 0.4) is 0 Å². The van der Waals surface area contributed by atoms with Crippen LogP contribution in [-0.2, 0) is 0 Å². The summed E-state index contributed by atoms with van der Waals surface area (Å²) < 4.78 is 0. The molecule has 2 nitrogen and oxygen atoms in total. The number of rotatable bonds is 6. The van der Waals surface area contributed by atoms with Gasteiger partial charge in [0.05, 0.1) is 6.04 Å². The number of nitrogens with one attached hydrogen (secondary N) is 1. The van der Waals surface area contributed by atoms with E-state index in [0.29, 0.717) is 11.8 Å². The van der Waals surface area contributed by atoms with Crippen molar-refractivity contribution >= 4 is 0 Å². The summed E-state index contributed by atoms with van der Waals surface area (Å²) in [6.45, 7) is 7.86. The molecule has 2 heteroatoms. The van der Waals surface area contributed by atoms with E-state index in [1.54, 1.807) is 0 Å². The molecule has 0 amide bonds. The van der Waals surface area contributed by atoms with Crippen LogP contribution in [0.1, 0.15) is 37.9 Å². The summed E-state index contributed by atoms with van der Waals surface area (Å²) in [4.78, 5) is 4.12. The minimum absolute atomic E-state index is 0.236. The number of aromatic nitrogens is 1. The van der Waals surface area contributed by atoms with Gasteiger partial charge in [-0.2, -0.15) is 0 Å². The van der Waals surface area contributed by atoms with Gasteiger partial charge in [-0.1, -0.05) is 51.1 Å². The average Bonchev–Trinajstić information content (AvgIpc) is 2.49. The van der Waals surface area contributed by atoms with Crippen LogP contribution < -0.4 is 5.32 Å². The van der Waals surface area contributed by atoms with Gasteiger partial charge in [0.15, 0.2) is 0 Å². The first-order valence-corrected chi connectivity index (χ1v) is 7.36. The fourth-order valence-electron chi connectivity index (χ4n) is 2.17. The van der Waals surface area contributed by atoms with Crippen molar-refractivity contribution in [3.05, 3.63) is 66.0 Å². The lowest BCUT2D eigenvalue weighted by atomic mass is 9.95. The van der Waals surface area contributed by atoms with Crippen molar-refractivity contribution in [2.45, 2.75) is 26.8 Å². The topological polar surface area (TPSA) is 24.9 Å². The standard InChI is InChI=1S/C18H24N2/c1-14(2)15(3)13-20-18(16-7-5-4-6-8-16)17-9-11-19-12-10-17/h4-12,14-15,18,20H,13H2,1-3H3. The van der Waals surface area contributed by atoms with Crippen LogP contribution in [0, 0.1) is 11.8 Å². The summed E-state index contributed by atoms with van der Waals surface area (Å²) in [5.41, 5.74) is 2.57. The van der Waals surface area contributed by atoms with Crippen LogP contribution in [0.25, 0.3) is 0 Å². The smallest absolute Gasteiger partial charge is 0.0577 e. The molecule has 106 valence electrons. The Morgan fingerprint density at radius 2 is 1.50 bits per heavy atom. The van der Waals surface area contributed by atoms with Gasteiger partial charge in [-0.05, 0) is 41.6 Å². The van der Waals surface area contributed by atoms with Gasteiger partial charge in [0.2, 0.25) is 0 Å². The van der Waals surface area contributed by atoms with Gasteiger partial charge in [-0.3, -0.25) is 4.98 Å². The van der Waals surface area contributed by atoms with Gasteiger partial charge in [0.1, 0.15) is 0 Å². The second-order valence-electron chi connectivity index (χ2n) is 5.75. The second kappa shape index (κ2) is 7.20. The van der Waals surface area contributed by atoms with E-state index in [1.807, 2.05) is 12.4 Å². The molecule has 0 aliphatic carbocycles. The molecule has 2 rings (SSSR count). The molecule has 1 heterocycles. The second-order valence-corrected chi connectivity index (χ2v) is 5.75. The Bertz CT molecular complexity index is 454. The third-order valence-corrected chi connectivity index (χ3v) is 3.95. The zero-order valence-electron chi connectivity index (χ0n) is 12.6. The summed E-state index contributed by atoms with van der Waals surface area (Å²) in [6.07, 6.45) is 3.72. The van der Waals surface area contributed by atoms with E-state index in [0.717, 1.165) is 6.54 Å². The molecule has 2 atom stereocenters. The number of benzene rings is 1. The highest BCUT2D eigenvalue weighted by molar-refractivity contribution is 5.30. The van der Waals surface area contributed by atoms with E-state index in [4.69, 9.17) is 0 Å². The third-order valence-electron chi connectivity index (χ3n) is 3.95. The molecule has 0 aliphatic heterocycles. The molecule has 20 heavy (non-hydrogen) atoms. The van der Waals surface area contributed by atoms with Gasteiger partial charge >= 0.3 is 0 Å². The largest absolute Gasteiger partial charge is 0.306 e. The first-order chi connectivity index (χ1) is 9.68.